The third-order valence-corrected chi connectivity index (χ3v) is 1.15. The highest BCUT2D eigenvalue weighted by molar-refractivity contribution is 6.30. The zero-order valence-electron chi connectivity index (χ0n) is 6.46. The van der Waals surface area contributed by atoms with Crippen LogP contribution in [0.5, 0.6) is 0 Å². The number of benzene rings is 1. The van der Waals surface area contributed by atoms with Gasteiger partial charge >= 0.3 is 0 Å². The fourth-order valence-corrected chi connectivity index (χ4v) is 0.560. The Morgan fingerprint density at radius 2 is 1.82 bits per heavy atom. The van der Waals surface area contributed by atoms with Crippen LogP contribution in [0, 0.1) is 0 Å². The first kappa shape index (κ1) is 10.2. The van der Waals surface area contributed by atoms with Crippen molar-refractivity contribution in [3.05, 3.63) is 35.4 Å². The predicted molar refractivity (Wildman–Crippen MR) is 47.8 cm³/mol. The van der Waals surface area contributed by atoms with Crippen molar-refractivity contribution in [1.29, 1.82) is 0 Å². The van der Waals surface area contributed by atoms with Crippen LogP contribution in [0.4, 0.5) is 0 Å². The van der Waals surface area contributed by atoms with Crippen LogP contribution < -0.4 is 0 Å². The summed E-state index contributed by atoms with van der Waals surface area (Å²) in [5.74, 6) is 0. The lowest BCUT2D eigenvalue weighted by Crippen LogP contribution is -1.55. The smallest absolute Gasteiger partial charge is 0.119 e. The van der Waals surface area contributed by atoms with Gasteiger partial charge in [0.25, 0.3) is 0 Å². The van der Waals surface area contributed by atoms with Crippen LogP contribution in [-0.2, 0) is 4.79 Å². The third kappa shape index (κ3) is 7.07. The average Bonchev–Trinajstić information content (AvgIpc) is 2.07. The summed E-state index contributed by atoms with van der Waals surface area (Å²) in [6.07, 6.45) is 1.51. The minimum atomic E-state index is 0.639. The fraction of sp³-hybridized carbons (Fsp3) is 0.222. The van der Waals surface area contributed by atoms with E-state index in [2.05, 4.69) is 0 Å². The lowest BCUT2D eigenvalue weighted by molar-refractivity contribution is -0.107. The molecule has 0 saturated heterocycles. The Morgan fingerprint density at radius 3 is 2.00 bits per heavy atom. The molecule has 0 aromatic heterocycles. The molecular formula is C9H11ClO. The molecule has 0 aliphatic rings. The van der Waals surface area contributed by atoms with E-state index in [0.29, 0.717) is 6.42 Å². The Labute approximate surface area is 72.0 Å². The standard InChI is InChI=1S/C6H5Cl.C3H6O/c7-6-4-2-1-3-5-6;1-2-3-4/h1-5H;3H,2H2,1H3. The van der Waals surface area contributed by atoms with E-state index in [-0.39, 0.29) is 0 Å². The molecule has 0 aliphatic carbocycles. The molecule has 0 N–H and O–H groups in total. The van der Waals surface area contributed by atoms with Gasteiger partial charge in [-0.15, -0.1) is 0 Å². The molecule has 0 heterocycles. The maximum absolute atomic E-state index is 9.17. The van der Waals surface area contributed by atoms with Gasteiger partial charge in [0.1, 0.15) is 6.29 Å². The van der Waals surface area contributed by atoms with Gasteiger partial charge in [-0.05, 0) is 12.1 Å². The summed E-state index contributed by atoms with van der Waals surface area (Å²) in [6, 6.07) is 9.44. The number of carbonyl (C=O) groups is 1. The van der Waals surface area contributed by atoms with Crippen molar-refractivity contribution < 1.29 is 4.79 Å². The summed E-state index contributed by atoms with van der Waals surface area (Å²) in [5.41, 5.74) is 0. The Kier molecular flexibility index (Phi) is 6.75. The lowest BCUT2D eigenvalue weighted by Gasteiger charge is -1.80. The highest BCUT2D eigenvalue weighted by Crippen LogP contribution is 2.03. The molecule has 0 amide bonds. The topological polar surface area (TPSA) is 17.1 Å². The summed E-state index contributed by atoms with van der Waals surface area (Å²) >= 11 is 5.54. The second-order valence-electron chi connectivity index (χ2n) is 1.87. The molecule has 60 valence electrons. The van der Waals surface area contributed by atoms with Gasteiger partial charge in [-0.2, -0.15) is 0 Å². The highest BCUT2D eigenvalue weighted by Gasteiger charge is 1.74. The van der Waals surface area contributed by atoms with E-state index in [4.69, 9.17) is 11.6 Å². The molecule has 1 nitrogen and oxygen atoms in total. The summed E-state index contributed by atoms with van der Waals surface area (Å²) in [5, 5.41) is 0.794. The van der Waals surface area contributed by atoms with Crippen LogP contribution in [0.25, 0.3) is 0 Å². The monoisotopic (exact) mass is 170 g/mol. The van der Waals surface area contributed by atoms with E-state index in [1.807, 2.05) is 37.3 Å². The van der Waals surface area contributed by atoms with E-state index in [1.165, 1.54) is 0 Å². The average molecular weight is 171 g/mol. The first-order valence-corrected chi connectivity index (χ1v) is 3.83. The van der Waals surface area contributed by atoms with Crippen LogP contribution in [0.15, 0.2) is 30.3 Å². The van der Waals surface area contributed by atoms with Crippen molar-refractivity contribution in [2.75, 3.05) is 0 Å². The van der Waals surface area contributed by atoms with Gasteiger partial charge in [0.15, 0.2) is 0 Å². The largest absolute Gasteiger partial charge is 0.303 e. The Bertz CT molecular complexity index is 184. The minimum absolute atomic E-state index is 0.639. The molecule has 11 heavy (non-hydrogen) atoms. The number of rotatable bonds is 1. The molecule has 0 atom stereocenters. The molecule has 2 heteroatoms. The molecule has 0 radical (unpaired) electrons. The summed E-state index contributed by atoms with van der Waals surface area (Å²) in [4.78, 5) is 9.17. The number of hydrogen-bond acceptors (Lipinski definition) is 1. The summed E-state index contributed by atoms with van der Waals surface area (Å²) < 4.78 is 0. The number of hydrogen-bond donors (Lipinski definition) is 0. The van der Waals surface area contributed by atoms with E-state index < -0.39 is 0 Å². The van der Waals surface area contributed by atoms with E-state index in [0.717, 1.165) is 11.3 Å². The molecule has 0 saturated carbocycles. The van der Waals surface area contributed by atoms with Gasteiger partial charge in [0.2, 0.25) is 0 Å². The number of aldehydes is 1. The van der Waals surface area contributed by atoms with Gasteiger partial charge in [0, 0.05) is 11.4 Å². The minimum Gasteiger partial charge on any atom is -0.303 e. The second kappa shape index (κ2) is 7.29. The SMILES string of the molecule is CCC=O.Clc1ccccc1. The van der Waals surface area contributed by atoms with Crippen LogP contribution in [0.1, 0.15) is 13.3 Å². The zero-order valence-corrected chi connectivity index (χ0v) is 7.21. The summed E-state index contributed by atoms with van der Waals surface area (Å²) in [6.45, 7) is 1.81. The van der Waals surface area contributed by atoms with Gasteiger partial charge in [-0.25, -0.2) is 0 Å². The van der Waals surface area contributed by atoms with E-state index >= 15 is 0 Å². The van der Waals surface area contributed by atoms with Crippen LogP contribution >= 0.6 is 11.6 Å². The van der Waals surface area contributed by atoms with Crippen molar-refractivity contribution in [3.63, 3.8) is 0 Å². The number of carbonyl (C=O) groups excluding carboxylic acids is 1. The van der Waals surface area contributed by atoms with Crippen molar-refractivity contribution in [1.82, 2.24) is 0 Å². The predicted octanol–water partition coefficient (Wildman–Crippen LogP) is 2.94. The molecule has 0 aliphatic heterocycles. The van der Waals surface area contributed by atoms with Gasteiger partial charge in [-0.1, -0.05) is 36.7 Å². The quantitative estimate of drug-likeness (QED) is 0.593. The third-order valence-electron chi connectivity index (χ3n) is 0.900. The van der Waals surface area contributed by atoms with Crippen LogP contribution in [0.3, 0.4) is 0 Å². The molecule has 0 bridgehead atoms. The van der Waals surface area contributed by atoms with E-state index in [9.17, 15) is 4.79 Å². The molecule has 1 aromatic rings. The first-order valence-electron chi connectivity index (χ1n) is 3.45. The molecule has 0 fully saturated rings. The highest BCUT2D eigenvalue weighted by atomic mass is 35.5. The van der Waals surface area contributed by atoms with Crippen molar-refractivity contribution in [3.8, 4) is 0 Å². The zero-order chi connectivity index (χ0) is 8.53. The van der Waals surface area contributed by atoms with Crippen molar-refractivity contribution in [2.24, 2.45) is 0 Å². The molecule has 1 rings (SSSR count). The second-order valence-corrected chi connectivity index (χ2v) is 2.31. The van der Waals surface area contributed by atoms with E-state index in [1.54, 1.807) is 0 Å². The van der Waals surface area contributed by atoms with Crippen molar-refractivity contribution >= 4 is 17.9 Å². The van der Waals surface area contributed by atoms with Gasteiger partial charge in [0.05, 0.1) is 0 Å². The first-order chi connectivity index (χ1) is 5.31. The Morgan fingerprint density at radius 1 is 1.36 bits per heavy atom. The maximum Gasteiger partial charge on any atom is 0.119 e. The Hall–Kier alpha value is -0.820. The van der Waals surface area contributed by atoms with Crippen LogP contribution in [-0.4, -0.2) is 6.29 Å². The molecule has 0 spiro atoms. The molecule has 0 unspecified atom stereocenters. The van der Waals surface area contributed by atoms with Gasteiger partial charge in [-0.3, -0.25) is 0 Å². The normalized spacial score (nSPS) is 7.82. The lowest BCUT2D eigenvalue weighted by atomic mass is 10.4. The molecule has 1 aromatic carbocycles. The van der Waals surface area contributed by atoms with Crippen LogP contribution in [0.2, 0.25) is 5.02 Å². The Balaban J connectivity index is 0.000000218. The van der Waals surface area contributed by atoms with Gasteiger partial charge < -0.3 is 4.79 Å². The number of halogens is 1. The summed E-state index contributed by atoms with van der Waals surface area (Å²) in [7, 11) is 0. The molecular weight excluding hydrogens is 160 g/mol. The fourth-order valence-electron chi connectivity index (χ4n) is 0.415. The maximum atomic E-state index is 9.17. The van der Waals surface area contributed by atoms with Crippen molar-refractivity contribution in [2.45, 2.75) is 13.3 Å².